The van der Waals surface area contributed by atoms with E-state index in [0.717, 1.165) is 63.0 Å². The summed E-state index contributed by atoms with van der Waals surface area (Å²) in [6, 6.07) is 10.5. The summed E-state index contributed by atoms with van der Waals surface area (Å²) in [5.74, 6) is 1.11. The minimum absolute atomic E-state index is 0.131. The van der Waals surface area contributed by atoms with Gasteiger partial charge in [-0.3, -0.25) is 9.59 Å². The van der Waals surface area contributed by atoms with Crippen LogP contribution in [0.25, 0.3) is 0 Å². The van der Waals surface area contributed by atoms with E-state index in [2.05, 4.69) is 93.3 Å². The Balaban J connectivity index is 1.64. The smallest absolute Gasteiger partial charge is 0.174 e. The van der Waals surface area contributed by atoms with E-state index in [1.54, 1.807) is 14.2 Å². The van der Waals surface area contributed by atoms with Crippen LogP contribution in [0.2, 0.25) is 0 Å². The van der Waals surface area contributed by atoms with Gasteiger partial charge in [0.25, 0.3) is 0 Å². The first-order chi connectivity index (χ1) is 20.7. The molecule has 1 aliphatic heterocycles. The summed E-state index contributed by atoms with van der Waals surface area (Å²) in [7, 11) is 3.36. The van der Waals surface area contributed by atoms with Gasteiger partial charge in [-0.15, -0.1) is 0 Å². The molecule has 0 radical (unpaired) electrons. The number of nitrogens with zero attached hydrogens (tertiary/aromatic N) is 1. The molecule has 7 heteroatoms. The molecule has 0 spiro atoms. The van der Waals surface area contributed by atoms with Crippen molar-refractivity contribution in [1.82, 2.24) is 4.90 Å². The predicted molar refractivity (Wildman–Crippen MR) is 182 cm³/mol. The zero-order valence-electron chi connectivity index (χ0n) is 27.5. The van der Waals surface area contributed by atoms with Crippen LogP contribution in [0, 0.1) is 28.2 Å². The Kier molecular flexibility index (Phi) is 9.39. The fraction of sp³-hybridized carbons (Fsp3) is 0.514. The van der Waals surface area contributed by atoms with Crippen molar-refractivity contribution in [1.29, 1.82) is 0 Å². The molecule has 0 saturated carbocycles. The van der Waals surface area contributed by atoms with Crippen molar-refractivity contribution in [2.75, 3.05) is 27.4 Å². The molecule has 236 valence electrons. The van der Waals surface area contributed by atoms with Gasteiger partial charge in [-0.25, -0.2) is 0 Å². The Morgan fingerprint density at radius 3 is 1.93 bits per heavy atom. The molecule has 1 heterocycles. The van der Waals surface area contributed by atoms with Gasteiger partial charge in [0.2, 0.25) is 0 Å². The maximum Gasteiger partial charge on any atom is 0.174 e. The summed E-state index contributed by atoms with van der Waals surface area (Å²) in [6.07, 6.45) is 3.31. The van der Waals surface area contributed by atoms with Crippen molar-refractivity contribution in [3.05, 3.63) is 78.7 Å². The molecule has 2 aromatic carbocycles. The first-order valence-electron chi connectivity index (χ1n) is 15.6. The molecule has 0 unspecified atom stereocenters. The van der Waals surface area contributed by atoms with Gasteiger partial charge in [-0.2, -0.15) is 0 Å². The van der Waals surface area contributed by atoms with Crippen molar-refractivity contribution in [3.8, 4) is 11.5 Å². The fourth-order valence-electron chi connectivity index (χ4n) is 7.37. The second kappa shape index (κ2) is 12.6. The zero-order valence-corrected chi connectivity index (χ0v) is 29.6. The molecule has 6 nitrogen and oxygen atoms in total. The third-order valence-corrected chi connectivity index (χ3v) is 9.80. The van der Waals surface area contributed by atoms with Crippen LogP contribution in [0.5, 0.6) is 11.5 Å². The maximum atomic E-state index is 14.1. The minimum atomic E-state index is -0.429. The lowest BCUT2D eigenvalue weighted by atomic mass is 9.63. The van der Waals surface area contributed by atoms with Crippen LogP contribution in [0.3, 0.4) is 0 Å². The van der Waals surface area contributed by atoms with Gasteiger partial charge in [0.15, 0.2) is 23.1 Å². The van der Waals surface area contributed by atoms with Crippen LogP contribution >= 0.6 is 22.6 Å². The van der Waals surface area contributed by atoms with E-state index in [9.17, 15) is 9.59 Å². The molecule has 0 atom stereocenters. The van der Waals surface area contributed by atoms with Crippen molar-refractivity contribution in [3.63, 3.8) is 0 Å². The van der Waals surface area contributed by atoms with Crippen LogP contribution < -0.4 is 9.47 Å². The highest BCUT2D eigenvalue weighted by molar-refractivity contribution is 14.1. The standard InChI is InChI=1S/C37H46INO5/c1-22-12-23(2)14-24(13-22)21-44-35-26(38)15-25(16-31(35)43-8)32-33-27(17-36(3,4)19-29(33)40)39(10-9-11-42-7)28-18-37(5,6)20-30(41)34(28)32/h12-16,32H,9-11,17-21H2,1-8H3. The number of allylic oxidation sites excluding steroid dienone is 4. The molecule has 2 aliphatic carbocycles. The highest BCUT2D eigenvalue weighted by Crippen LogP contribution is 2.55. The number of rotatable bonds is 9. The fourth-order valence-corrected chi connectivity index (χ4v) is 8.15. The van der Waals surface area contributed by atoms with Crippen LogP contribution in [-0.4, -0.2) is 43.8 Å². The Morgan fingerprint density at radius 1 is 0.841 bits per heavy atom. The van der Waals surface area contributed by atoms with E-state index in [4.69, 9.17) is 14.2 Å². The molecule has 0 aromatic heterocycles. The van der Waals surface area contributed by atoms with E-state index in [1.807, 2.05) is 6.07 Å². The van der Waals surface area contributed by atoms with Crippen LogP contribution in [-0.2, 0) is 20.9 Å². The number of ketones is 2. The number of hydrogen-bond donors (Lipinski definition) is 0. The number of ether oxygens (including phenoxy) is 3. The van der Waals surface area contributed by atoms with Crippen LogP contribution in [0.4, 0.5) is 0 Å². The molecule has 0 fully saturated rings. The Morgan fingerprint density at radius 2 is 1.41 bits per heavy atom. The van der Waals surface area contributed by atoms with Gasteiger partial charge >= 0.3 is 0 Å². The average Bonchev–Trinajstić information content (AvgIpc) is 2.90. The molecule has 0 N–H and O–H groups in total. The van der Waals surface area contributed by atoms with E-state index >= 15 is 0 Å². The molecular weight excluding hydrogens is 665 g/mol. The van der Waals surface area contributed by atoms with Gasteiger partial charge < -0.3 is 19.1 Å². The number of methoxy groups -OCH3 is 2. The summed E-state index contributed by atoms with van der Waals surface area (Å²) >= 11 is 2.30. The molecule has 44 heavy (non-hydrogen) atoms. The average molecular weight is 712 g/mol. The topological polar surface area (TPSA) is 65.1 Å². The first-order valence-corrected chi connectivity index (χ1v) is 16.7. The quantitative estimate of drug-likeness (QED) is 0.193. The summed E-state index contributed by atoms with van der Waals surface area (Å²) in [5, 5.41) is 0. The van der Waals surface area contributed by atoms with E-state index < -0.39 is 5.92 Å². The highest BCUT2D eigenvalue weighted by atomic mass is 127. The highest BCUT2D eigenvalue weighted by Gasteiger charge is 2.49. The van der Waals surface area contributed by atoms with E-state index in [1.165, 1.54) is 11.1 Å². The summed E-state index contributed by atoms with van der Waals surface area (Å²) in [6.45, 7) is 14.6. The van der Waals surface area contributed by atoms with Gasteiger partial charge in [-0.05, 0) is 89.8 Å². The number of carbonyl (C=O) groups excluding carboxylic acids is 2. The third kappa shape index (κ3) is 6.64. The molecular formula is C37H46INO5. The number of hydrogen-bond acceptors (Lipinski definition) is 6. The first kappa shape index (κ1) is 32.7. The number of aryl methyl sites for hydroxylation is 2. The molecule has 3 aliphatic rings. The second-order valence-corrected chi connectivity index (χ2v) is 15.5. The van der Waals surface area contributed by atoms with Gasteiger partial charge in [-0.1, -0.05) is 57.0 Å². The summed E-state index contributed by atoms with van der Waals surface area (Å²) in [4.78, 5) is 30.6. The van der Waals surface area contributed by atoms with E-state index in [-0.39, 0.29) is 22.4 Å². The van der Waals surface area contributed by atoms with E-state index in [0.29, 0.717) is 37.6 Å². The predicted octanol–water partition coefficient (Wildman–Crippen LogP) is 8.22. The number of Topliss-reactive ketones (excluding diaryl/α,β-unsaturated/α-hetero) is 2. The molecule has 2 aromatic rings. The minimum Gasteiger partial charge on any atom is -0.493 e. The molecule has 5 rings (SSSR count). The van der Waals surface area contributed by atoms with Gasteiger partial charge in [0, 0.05) is 61.6 Å². The monoisotopic (exact) mass is 711 g/mol. The Bertz CT molecular complexity index is 1470. The van der Waals surface area contributed by atoms with Crippen LogP contribution in [0.1, 0.15) is 88.0 Å². The summed E-state index contributed by atoms with van der Waals surface area (Å²) < 4.78 is 18.6. The zero-order chi connectivity index (χ0) is 32.0. The lowest BCUT2D eigenvalue weighted by Crippen LogP contribution is -2.44. The lowest BCUT2D eigenvalue weighted by Gasteiger charge is -2.49. The Labute approximate surface area is 276 Å². The SMILES string of the molecule is COCCCN1C2=C(C(=O)CC(C)(C)C2)C(c2cc(I)c(OCc3cc(C)cc(C)c3)c(OC)c2)C2=C1CC(C)(C)CC2=O. The normalized spacial score (nSPS) is 19.7. The Hall–Kier alpha value is -2.65. The number of halogens is 1. The molecule has 0 saturated heterocycles. The maximum absolute atomic E-state index is 14.1. The van der Waals surface area contributed by atoms with Crippen molar-refractivity contribution in [2.24, 2.45) is 10.8 Å². The van der Waals surface area contributed by atoms with Crippen molar-refractivity contribution in [2.45, 2.75) is 86.2 Å². The third-order valence-electron chi connectivity index (χ3n) is 9.00. The number of benzene rings is 2. The number of carbonyl (C=O) groups is 2. The van der Waals surface area contributed by atoms with Gasteiger partial charge in [0.1, 0.15) is 6.61 Å². The molecule has 0 amide bonds. The van der Waals surface area contributed by atoms with Gasteiger partial charge in [0.05, 0.1) is 10.7 Å². The van der Waals surface area contributed by atoms with Crippen LogP contribution in [0.15, 0.2) is 52.9 Å². The largest absolute Gasteiger partial charge is 0.493 e. The lowest BCUT2D eigenvalue weighted by molar-refractivity contribution is -0.119. The van der Waals surface area contributed by atoms with Crippen molar-refractivity contribution < 1.29 is 23.8 Å². The second-order valence-electron chi connectivity index (χ2n) is 14.4. The molecule has 0 bridgehead atoms. The van der Waals surface area contributed by atoms with Crippen molar-refractivity contribution >= 4 is 34.2 Å². The summed E-state index contributed by atoms with van der Waals surface area (Å²) in [5.41, 5.74) is 7.76.